The van der Waals surface area contributed by atoms with E-state index in [1.807, 2.05) is 11.8 Å². The number of nitrogens with one attached hydrogen (secondary N) is 3. The molecule has 1 aliphatic carbocycles. The summed E-state index contributed by atoms with van der Waals surface area (Å²) in [5.74, 6) is 13.6. The quantitative estimate of drug-likeness (QED) is 0.280. The molecule has 1 saturated carbocycles. The Labute approximate surface area is 234 Å². The van der Waals surface area contributed by atoms with Gasteiger partial charge in [-0.2, -0.15) is 11.8 Å². The largest absolute Gasteiger partial charge is 0.494 e. The lowest BCUT2D eigenvalue weighted by Crippen LogP contribution is -2.32. The van der Waals surface area contributed by atoms with Gasteiger partial charge in [-0.05, 0) is 48.6 Å². The zero-order valence-corrected chi connectivity index (χ0v) is 22.8. The molecule has 2 aromatic heterocycles. The van der Waals surface area contributed by atoms with Gasteiger partial charge < -0.3 is 10.1 Å². The van der Waals surface area contributed by atoms with Crippen LogP contribution in [0.25, 0.3) is 11.1 Å². The first kappa shape index (κ1) is 28.6. The van der Waals surface area contributed by atoms with E-state index in [0.29, 0.717) is 29.9 Å². The van der Waals surface area contributed by atoms with Crippen LogP contribution in [0.4, 0.5) is 8.78 Å². The zero-order chi connectivity index (χ0) is 27.8. The maximum Gasteiger partial charge on any atom is 0.280 e. The van der Waals surface area contributed by atoms with Gasteiger partial charge in [-0.1, -0.05) is 11.8 Å². The van der Waals surface area contributed by atoms with E-state index in [1.165, 1.54) is 25.6 Å². The zero-order valence-electron chi connectivity index (χ0n) is 21.1. The summed E-state index contributed by atoms with van der Waals surface area (Å²) < 4.78 is 32.4. The maximum atomic E-state index is 13.5. The second kappa shape index (κ2) is 13.6. The van der Waals surface area contributed by atoms with E-state index in [1.54, 1.807) is 6.07 Å². The Morgan fingerprint density at radius 2 is 2.00 bits per heavy atom. The van der Waals surface area contributed by atoms with E-state index in [2.05, 4.69) is 43.9 Å². The standard InChI is InChI=1S/C27H26F2N6O2S2/c1-37-23-16-33-22(25(28)29)14-20(23)19-13-18(3-2-8-35-9-11-38-12-10-35)32-15-21(19)26(36)34-27(31)39-24(30)7-6-17-4-5-17/h13-17,25,30H,4-5,8-12H2,1H3,(H2,31,34,36). The van der Waals surface area contributed by atoms with Gasteiger partial charge in [0.15, 0.2) is 5.17 Å². The molecule has 0 bridgehead atoms. The Morgan fingerprint density at radius 3 is 2.69 bits per heavy atom. The first-order valence-corrected chi connectivity index (χ1v) is 14.1. The summed E-state index contributed by atoms with van der Waals surface area (Å²) in [4.78, 5) is 23.5. The van der Waals surface area contributed by atoms with Crippen molar-refractivity contribution < 1.29 is 18.3 Å². The number of carbonyl (C=O) groups excluding carboxylic acids is 1. The highest BCUT2D eigenvalue weighted by atomic mass is 32.2. The highest BCUT2D eigenvalue weighted by Gasteiger charge is 2.22. The molecule has 1 amide bonds. The summed E-state index contributed by atoms with van der Waals surface area (Å²) in [6.45, 7) is 2.47. The van der Waals surface area contributed by atoms with Gasteiger partial charge in [0, 0.05) is 47.8 Å². The van der Waals surface area contributed by atoms with Crippen LogP contribution in [0.3, 0.4) is 0 Å². The van der Waals surface area contributed by atoms with Crippen molar-refractivity contribution in [1.29, 1.82) is 10.8 Å². The minimum absolute atomic E-state index is 0.0271. The number of rotatable bonds is 5. The van der Waals surface area contributed by atoms with E-state index in [4.69, 9.17) is 15.6 Å². The van der Waals surface area contributed by atoms with Crippen molar-refractivity contribution in [1.82, 2.24) is 20.2 Å². The normalized spacial score (nSPS) is 15.0. The summed E-state index contributed by atoms with van der Waals surface area (Å²) in [7, 11) is 1.38. The Morgan fingerprint density at radius 1 is 1.23 bits per heavy atom. The van der Waals surface area contributed by atoms with Crippen LogP contribution in [0.2, 0.25) is 0 Å². The topological polar surface area (TPSA) is 115 Å². The highest BCUT2D eigenvalue weighted by molar-refractivity contribution is 8.26. The second-order valence-corrected chi connectivity index (χ2v) is 10.9. The summed E-state index contributed by atoms with van der Waals surface area (Å²) in [6.07, 6.45) is 1.67. The summed E-state index contributed by atoms with van der Waals surface area (Å²) in [5.41, 5.74) is 0.374. The molecule has 0 unspecified atom stereocenters. The van der Waals surface area contributed by atoms with Crippen molar-refractivity contribution in [3.63, 3.8) is 0 Å². The molecular weight excluding hydrogens is 542 g/mol. The Hall–Kier alpha value is -3.45. The van der Waals surface area contributed by atoms with Gasteiger partial charge in [0.2, 0.25) is 0 Å². The van der Waals surface area contributed by atoms with E-state index >= 15 is 0 Å². The molecule has 0 aromatic carbocycles. The average molecular weight is 569 g/mol. The molecule has 1 aliphatic heterocycles. The number of aromatic nitrogens is 2. The predicted octanol–water partition coefficient (Wildman–Crippen LogP) is 4.28. The van der Waals surface area contributed by atoms with Gasteiger partial charge in [-0.25, -0.2) is 13.8 Å². The number of methoxy groups -OCH3 is 1. The highest BCUT2D eigenvalue weighted by Crippen LogP contribution is 2.35. The van der Waals surface area contributed by atoms with Crippen LogP contribution < -0.4 is 10.1 Å². The van der Waals surface area contributed by atoms with Gasteiger partial charge in [0.25, 0.3) is 12.3 Å². The minimum atomic E-state index is -2.83. The Balaban J connectivity index is 1.62. The molecule has 3 N–H and O–H groups in total. The third kappa shape index (κ3) is 8.27. The van der Waals surface area contributed by atoms with Crippen LogP contribution in [0.15, 0.2) is 24.5 Å². The van der Waals surface area contributed by atoms with E-state index in [9.17, 15) is 13.6 Å². The number of ether oxygens (including phenoxy) is 1. The van der Waals surface area contributed by atoms with E-state index < -0.39 is 18.0 Å². The average Bonchev–Trinajstić information content (AvgIpc) is 3.76. The van der Waals surface area contributed by atoms with Crippen molar-refractivity contribution in [2.75, 3.05) is 38.2 Å². The number of pyridine rings is 2. The number of amidine groups is 1. The number of hydrogen-bond donors (Lipinski definition) is 3. The number of amides is 1. The van der Waals surface area contributed by atoms with E-state index in [0.717, 1.165) is 37.4 Å². The molecule has 2 aliphatic rings. The van der Waals surface area contributed by atoms with Crippen LogP contribution >= 0.6 is 23.5 Å². The molecule has 0 radical (unpaired) electrons. The fourth-order valence-corrected chi connectivity index (χ4v) is 5.04. The van der Waals surface area contributed by atoms with Crippen molar-refractivity contribution in [2.45, 2.75) is 19.3 Å². The smallest absolute Gasteiger partial charge is 0.280 e. The fraction of sp³-hybridized carbons (Fsp3) is 0.370. The molecule has 4 rings (SSSR count). The molecule has 1 saturated heterocycles. The van der Waals surface area contributed by atoms with Crippen molar-refractivity contribution in [3.8, 4) is 40.6 Å². The lowest BCUT2D eigenvalue weighted by molar-refractivity contribution is 0.0978. The summed E-state index contributed by atoms with van der Waals surface area (Å²) in [5, 5.41) is 18.1. The first-order valence-electron chi connectivity index (χ1n) is 12.1. The van der Waals surface area contributed by atoms with Gasteiger partial charge >= 0.3 is 0 Å². The first-order chi connectivity index (χ1) is 18.8. The van der Waals surface area contributed by atoms with E-state index in [-0.39, 0.29) is 32.7 Å². The van der Waals surface area contributed by atoms with Crippen LogP contribution in [-0.2, 0) is 0 Å². The molecule has 8 nitrogen and oxygen atoms in total. The maximum absolute atomic E-state index is 13.5. The monoisotopic (exact) mass is 568 g/mol. The van der Waals surface area contributed by atoms with Crippen molar-refractivity contribution >= 4 is 39.6 Å². The van der Waals surface area contributed by atoms with Crippen LogP contribution in [0, 0.1) is 40.4 Å². The van der Waals surface area contributed by atoms with Gasteiger partial charge in [-0.15, -0.1) is 0 Å². The minimum Gasteiger partial charge on any atom is -0.494 e. The lowest BCUT2D eigenvalue weighted by atomic mass is 9.99. The van der Waals surface area contributed by atoms with Gasteiger partial charge in [-0.3, -0.25) is 25.5 Å². The molecule has 0 atom stereocenters. The van der Waals surface area contributed by atoms with Crippen LogP contribution in [0.1, 0.15) is 41.0 Å². The number of alkyl halides is 2. The Bertz CT molecular complexity index is 1390. The number of carbonyl (C=O) groups is 1. The molecule has 2 fully saturated rings. The predicted molar refractivity (Wildman–Crippen MR) is 151 cm³/mol. The fourth-order valence-electron chi connectivity index (χ4n) is 3.60. The summed E-state index contributed by atoms with van der Waals surface area (Å²) in [6, 6.07) is 2.71. The SMILES string of the molecule is COc1cnc(C(F)F)cc1-c1cc(C#CCN2CCSCC2)ncc1C(=O)NC(=N)SC(=N)C#CC1CC1. The number of nitrogens with zero attached hydrogens (tertiary/aromatic N) is 3. The molecule has 0 spiro atoms. The van der Waals surface area contributed by atoms with Crippen molar-refractivity contribution in [3.05, 3.63) is 41.5 Å². The van der Waals surface area contributed by atoms with Gasteiger partial charge in [0.05, 0.1) is 25.4 Å². The number of halogens is 2. The lowest BCUT2D eigenvalue weighted by Gasteiger charge is -2.23. The molecule has 12 heteroatoms. The number of thioether (sulfide) groups is 2. The van der Waals surface area contributed by atoms with Crippen molar-refractivity contribution in [2.24, 2.45) is 5.92 Å². The van der Waals surface area contributed by atoms with Gasteiger partial charge in [0.1, 0.15) is 22.2 Å². The molecule has 39 heavy (non-hydrogen) atoms. The molecule has 3 heterocycles. The van der Waals surface area contributed by atoms with Crippen LogP contribution in [0.5, 0.6) is 5.75 Å². The second-order valence-electron chi connectivity index (χ2n) is 8.67. The summed E-state index contributed by atoms with van der Waals surface area (Å²) >= 11 is 2.62. The van der Waals surface area contributed by atoms with Crippen LogP contribution in [-0.4, -0.2) is 69.2 Å². The third-order valence-electron chi connectivity index (χ3n) is 5.79. The molecule has 2 aromatic rings. The molecular formula is C27H26F2N6O2S2. The Kier molecular flexibility index (Phi) is 9.93. The third-order valence-corrected chi connectivity index (χ3v) is 7.35. The number of hydrogen-bond acceptors (Lipinski definition) is 9. The molecule has 202 valence electrons.